The van der Waals surface area contributed by atoms with Crippen LogP contribution >= 0.6 is 11.6 Å². The van der Waals surface area contributed by atoms with E-state index in [9.17, 15) is 13.2 Å². The Bertz CT molecular complexity index is 1700. The second-order valence-corrected chi connectivity index (χ2v) is 19.5. The fourth-order valence-electron chi connectivity index (χ4n) is 10.2. The van der Waals surface area contributed by atoms with Crippen LogP contribution in [0.1, 0.15) is 102 Å². The molecule has 1 amide bonds. The van der Waals surface area contributed by atoms with Crippen molar-refractivity contribution < 1.29 is 22.7 Å². The van der Waals surface area contributed by atoms with Gasteiger partial charge in [0.2, 0.25) is 10.0 Å². The van der Waals surface area contributed by atoms with E-state index in [1.54, 1.807) is 6.07 Å². The lowest BCUT2D eigenvalue weighted by Crippen LogP contribution is -2.61. The summed E-state index contributed by atoms with van der Waals surface area (Å²) in [5.41, 5.74) is 0.475. The minimum atomic E-state index is -3.92. The summed E-state index contributed by atoms with van der Waals surface area (Å²) in [7, 11) is -3.92. The quantitative estimate of drug-likeness (QED) is 0.307. The van der Waals surface area contributed by atoms with E-state index in [0.717, 1.165) is 87.8 Å². The molecule has 0 aromatic heterocycles. The maximum absolute atomic E-state index is 13.7. The lowest BCUT2D eigenvalue weighted by atomic mass is 9.63. The fourth-order valence-corrected chi connectivity index (χ4v) is 11.9. The molecule has 7 rings (SSSR count). The molecule has 298 valence electrons. The van der Waals surface area contributed by atoms with Crippen LogP contribution in [0.4, 0.5) is 5.69 Å². The zero-order chi connectivity index (χ0) is 37.9. The Morgan fingerprint density at radius 2 is 1.81 bits per heavy atom. The molecular formula is C43H63ClN4O5S. The molecule has 0 spiro atoms. The van der Waals surface area contributed by atoms with Crippen molar-refractivity contribution in [2.75, 3.05) is 63.9 Å². The highest BCUT2D eigenvalue weighted by atomic mass is 35.5. The van der Waals surface area contributed by atoms with Crippen molar-refractivity contribution in [3.05, 3.63) is 59.2 Å². The Kier molecular flexibility index (Phi) is 12.6. The number of sulfonamides is 1. The standard InChI is InChI=1S/C43H63ClN4O5S/c1-4-37-14-6-9-20-43(53-5-2,30-46-24-25-47-22-11-8-13-36(47)29-46)38-17-15-33(38)28-48-23-10-7-12-34-27-35(44)19-21-42(34,3)31-52-40-18-16-32(26-39(40)48)41(49)45-54(37,50)51/h9,16,18-21,26-27,33-34,36-38H,4-8,10-15,17,22-25,28-31H2,1-3H3,(H,45,49)/b20-9+/t33-,34?,36+,37+,38+,42?,43+/m0/s1. The van der Waals surface area contributed by atoms with E-state index in [0.29, 0.717) is 55.9 Å². The van der Waals surface area contributed by atoms with Gasteiger partial charge in [0.05, 0.1) is 17.5 Å². The molecule has 4 heterocycles. The highest BCUT2D eigenvalue weighted by molar-refractivity contribution is 7.90. The van der Waals surface area contributed by atoms with Gasteiger partial charge in [0.1, 0.15) is 11.4 Å². The first-order chi connectivity index (χ1) is 26.0. The van der Waals surface area contributed by atoms with Crippen molar-refractivity contribution in [2.24, 2.45) is 23.2 Å². The van der Waals surface area contributed by atoms with Crippen LogP contribution in [0.25, 0.3) is 0 Å². The molecule has 1 saturated carbocycles. The number of nitrogens with one attached hydrogen (secondary N) is 1. The van der Waals surface area contributed by atoms with Gasteiger partial charge in [-0.25, -0.2) is 13.1 Å². The number of halogens is 1. The predicted molar refractivity (Wildman–Crippen MR) is 218 cm³/mol. The van der Waals surface area contributed by atoms with E-state index in [-0.39, 0.29) is 11.3 Å². The van der Waals surface area contributed by atoms with Crippen LogP contribution in [0.5, 0.6) is 5.75 Å². The number of rotatable bonds is 5. The number of allylic oxidation sites excluding steroid dienone is 4. The summed E-state index contributed by atoms with van der Waals surface area (Å²) in [5.74, 6) is 1.07. The molecule has 6 aliphatic rings. The van der Waals surface area contributed by atoms with Crippen molar-refractivity contribution in [1.29, 1.82) is 0 Å². The SMILES string of the molecule is CCO[C@@]1(CN2CCN3CCCC[C@@H]3C2)/C=C/CC[C@@H](CC)S(=O)(=O)NC(=O)c2ccc3c(c2)N(CCCCC2C=C(Cl)C=CC2(C)CO3)C[C@@H]2CC[C@H]21. The van der Waals surface area contributed by atoms with Crippen LogP contribution in [0.2, 0.25) is 0 Å². The maximum atomic E-state index is 13.7. The number of hydrogen-bond acceptors (Lipinski definition) is 8. The molecule has 1 N–H and O–H groups in total. The highest BCUT2D eigenvalue weighted by Crippen LogP contribution is 2.48. The Labute approximate surface area is 329 Å². The summed E-state index contributed by atoms with van der Waals surface area (Å²) in [4.78, 5) is 21.5. The van der Waals surface area contributed by atoms with Crippen molar-refractivity contribution in [1.82, 2.24) is 14.5 Å². The molecule has 1 aromatic carbocycles. The van der Waals surface area contributed by atoms with Crippen LogP contribution in [0.15, 0.2) is 53.6 Å². The van der Waals surface area contributed by atoms with E-state index in [1.165, 1.54) is 25.8 Å². The summed E-state index contributed by atoms with van der Waals surface area (Å²) in [6.45, 7) is 14.2. The van der Waals surface area contributed by atoms with Crippen molar-refractivity contribution in [3.8, 4) is 5.75 Å². The first-order valence-electron chi connectivity index (χ1n) is 20.9. The number of anilines is 1. The van der Waals surface area contributed by atoms with Gasteiger partial charge in [-0.1, -0.05) is 62.6 Å². The van der Waals surface area contributed by atoms with E-state index >= 15 is 0 Å². The normalized spacial score (nSPS) is 35.8. The van der Waals surface area contributed by atoms with E-state index in [2.05, 4.69) is 57.6 Å². The van der Waals surface area contributed by atoms with Crippen LogP contribution < -0.4 is 14.4 Å². The lowest BCUT2D eigenvalue weighted by Gasteiger charge is -2.53. The smallest absolute Gasteiger partial charge is 0.264 e. The fraction of sp³-hybridized carbons (Fsp3) is 0.698. The van der Waals surface area contributed by atoms with Gasteiger partial charge >= 0.3 is 0 Å². The third-order valence-corrected chi connectivity index (χ3v) is 15.8. The average molecular weight is 784 g/mol. The molecule has 4 aliphatic heterocycles. The molecule has 2 aliphatic carbocycles. The van der Waals surface area contributed by atoms with Gasteiger partial charge in [-0.05, 0) is 113 Å². The third-order valence-electron chi connectivity index (χ3n) is 13.6. The second-order valence-electron chi connectivity index (χ2n) is 17.1. The highest BCUT2D eigenvalue weighted by Gasteiger charge is 2.49. The molecule has 2 saturated heterocycles. The molecule has 2 bridgehead atoms. The summed E-state index contributed by atoms with van der Waals surface area (Å²) < 4.78 is 43.6. The zero-order valence-electron chi connectivity index (χ0n) is 32.8. The Morgan fingerprint density at radius 1 is 0.981 bits per heavy atom. The molecule has 11 heteroatoms. The number of amides is 1. The Hall–Kier alpha value is -2.37. The van der Waals surface area contributed by atoms with Gasteiger partial charge in [-0.3, -0.25) is 14.6 Å². The van der Waals surface area contributed by atoms with Crippen LogP contribution in [-0.4, -0.2) is 100 Å². The predicted octanol–water partition coefficient (Wildman–Crippen LogP) is 7.53. The van der Waals surface area contributed by atoms with E-state index in [1.807, 2.05) is 25.1 Å². The molecule has 9 nitrogen and oxygen atoms in total. The molecule has 3 fully saturated rings. The number of nitrogens with zero attached hydrogens (tertiary/aromatic N) is 3. The third kappa shape index (κ3) is 8.63. The van der Waals surface area contributed by atoms with Crippen LogP contribution in [0, 0.1) is 23.2 Å². The van der Waals surface area contributed by atoms with Crippen molar-refractivity contribution >= 4 is 33.2 Å². The number of hydrogen-bond donors (Lipinski definition) is 1. The monoisotopic (exact) mass is 782 g/mol. The van der Waals surface area contributed by atoms with Crippen LogP contribution in [0.3, 0.4) is 0 Å². The average Bonchev–Trinajstić information content (AvgIpc) is 3.16. The van der Waals surface area contributed by atoms with Gasteiger partial charge in [-0.15, -0.1) is 0 Å². The Balaban J connectivity index is 1.26. The van der Waals surface area contributed by atoms with Crippen LogP contribution in [-0.2, 0) is 14.8 Å². The second kappa shape index (κ2) is 17.0. The Morgan fingerprint density at radius 3 is 2.61 bits per heavy atom. The first kappa shape index (κ1) is 39.8. The number of carbonyl (C=O) groups excluding carboxylic acids is 1. The summed E-state index contributed by atoms with van der Waals surface area (Å²) in [5, 5.41) is 0.0917. The summed E-state index contributed by atoms with van der Waals surface area (Å²) in [6.07, 6.45) is 21.4. The zero-order valence-corrected chi connectivity index (χ0v) is 34.4. The topological polar surface area (TPSA) is 91.4 Å². The minimum Gasteiger partial charge on any atom is -0.490 e. The van der Waals surface area contributed by atoms with E-state index in [4.69, 9.17) is 21.1 Å². The summed E-state index contributed by atoms with van der Waals surface area (Å²) >= 11 is 6.52. The maximum Gasteiger partial charge on any atom is 0.264 e. The number of fused-ring (bicyclic) bond motifs is 4. The van der Waals surface area contributed by atoms with Gasteiger partial charge in [0.15, 0.2) is 0 Å². The molecular weight excluding hydrogens is 720 g/mol. The number of piperazine rings is 1. The van der Waals surface area contributed by atoms with Gasteiger partial charge < -0.3 is 14.4 Å². The molecule has 7 atom stereocenters. The number of piperidine rings is 1. The van der Waals surface area contributed by atoms with Gasteiger partial charge in [-0.2, -0.15) is 0 Å². The van der Waals surface area contributed by atoms with Crippen molar-refractivity contribution in [3.63, 3.8) is 0 Å². The summed E-state index contributed by atoms with van der Waals surface area (Å²) in [6, 6.07) is 6.05. The molecule has 0 radical (unpaired) electrons. The largest absolute Gasteiger partial charge is 0.490 e. The lowest BCUT2D eigenvalue weighted by molar-refractivity contribution is -0.116. The first-order valence-corrected chi connectivity index (χ1v) is 22.9. The minimum absolute atomic E-state index is 0.233. The molecule has 54 heavy (non-hydrogen) atoms. The van der Waals surface area contributed by atoms with E-state index < -0.39 is 26.8 Å². The number of benzene rings is 1. The number of carbonyl (C=O) groups is 1. The van der Waals surface area contributed by atoms with Crippen molar-refractivity contribution in [2.45, 2.75) is 108 Å². The van der Waals surface area contributed by atoms with Gasteiger partial charge in [0, 0.05) is 67.9 Å². The molecule has 1 aromatic rings. The molecule has 2 unspecified atom stereocenters. The number of ether oxygens (including phenoxy) is 2. The van der Waals surface area contributed by atoms with Gasteiger partial charge in [0.25, 0.3) is 5.91 Å².